The number of aliphatic hydroxyl groups is 1. The van der Waals surface area contributed by atoms with E-state index in [-0.39, 0.29) is 17.2 Å². The van der Waals surface area contributed by atoms with Crippen molar-refractivity contribution in [3.8, 4) is 17.1 Å². The van der Waals surface area contributed by atoms with Crippen molar-refractivity contribution in [3.05, 3.63) is 94.9 Å². The summed E-state index contributed by atoms with van der Waals surface area (Å²) in [6.07, 6.45) is -0.702. The van der Waals surface area contributed by atoms with Gasteiger partial charge in [-0.15, -0.1) is 0 Å². The number of nitrogens with one attached hydrogen (secondary N) is 1. The standard InChI is InChI=1S/C27H20ClF3N6O2/c1-26(2,39)15-11-21-22(34-14-15)24(37(36-21)16-7-4-3-5-8-16)35-25(38)18-12-17(23-32-9-6-10-33-23)19(13-20(18)28)27(29,30)31/h3-14,39H,1-2H3,(H,35,38). The number of rotatable bonds is 5. The average molecular weight is 553 g/mol. The number of amides is 1. The molecule has 2 N–H and O–H groups in total. The fraction of sp³-hybridized carbons (Fsp3) is 0.148. The van der Waals surface area contributed by atoms with Crippen LogP contribution >= 0.6 is 11.6 Å². The Morgan fingerprint density at radius 3 is 2.33 bits per heavy atom. The molecule has 12 heteroatoms. The molecule has 8 nitrogen and oxygen atoms in total. The SMILES string of the molecule is CC(C)(O)c1cnc2c(NC(=O)c3cc(-c4ncccn4)c(C(F)(F)F)cc3Cl)n(-c3ccccc3)nc2c1. The van der Waals surface area contributed by atoms with E-state index in [4.69, 9.17) is 11.6 Å². The highest BCUT2D eigenvalue weighted by atomic mass is 35.5. The summed E-state index contributed by atoms with van der Waals surface area (Å²) in [5.41, 5.74) is -1.11. The van der Waals surface area contributed by atoms with Gasteiger partial charge in [-0.1, -0.05) is 29.8 Å². The Balaban J connectivity index is 1.64. The lowest BCUT2D eigenvalue weighted by Gasteiger charge is -2.16. The van der Waals surface area contributed by atoms with E-state index in [0.717, 1.165) is 6.07 Å². The monoisotopic (exact) mass is 552 g/mol. The highest BCUT2D eigenvalue weighted by Crippen LogP contribution is 2.39. The van der Waals surface area contributed by atoms with Crippen molar-refractivity contribution in [2.24, 2.45) is 0 Å². The van der Waals surface area contributed by atoms with Crippen LogP contribution in [0.4, 0.5) is 19.0 Å². The van der Waals surface area contributed by atoms with Crippen molar-refractivity contribution < 1.29 is 23.1 Å². The van der Waals surface area contributed by atoms with Crippen LogP contribution in [0.5, 0.6) is 0 Å². The third-order valence-electron chi connectivity index (χ3n) is 5.91. The van der Waals surface area contributed by atoms with Gasteiger partial charge in [0.05, 0.1) is 27.4 Å². The highest BCUT2D eigenvalue weighted by Gasteiger charge is 2.36. The molecule has 3 heterocycles. The smallest absolute Gasteiger partial charge is 0.386 e. The lowest BCUT2D eigenvalue weighted by molar-refractivity contribution is -0.137. The predicted octanol–water partition coefficient (Wildman–Crippen LogP) is 6.03. The number of carbonyl (C=O) groups is 1. The molecule has 1 amide bonds. The summed E-state index contributed by atoms with van der Waals surface area (Å²) in [5.74, 6) is -0.841. The first-order valence-electron chi connectivity index (χ1n) is 11.6. The summed E-state index contributed by atoms with van der Waals surface area (Å²) in [6, 6.07) is 13.7. The third-order valence-corrected chi connectivity index (χ3v) is 6.23. The molecule has 3 aromatic heterocycles. The van der Waals surface area contributed by atoms with Crippen molar-refractivity contribution in [2.75, 3.05) is 5.32 Å². The number of anilines is 1. The number of hydrogen-bond acceptors (Lipinski definition) is 6. The van der Waals surface area contributed by atoms with Crippen LogP contribution in [0, 0.1) is 0 Å². The maximum atomic E-state index is 13.8. The zero-order chi connectivity index (χ0) is 27.9. The van der Waals surface area contributed by atoms with Gasteiger partial charge < -0.3 is 10.4 Å². The van der Waals surface area contributed by atoms with Crippen LogP contribution in [-0.4, -0.2) is 35.7 Å². The van der Waals surface area contributed by atoms with Gasteiger partial charge in [0, 0.05) is 29.7 Å². The van der Waals surface area contributed by atoms with Crippen molar-refractivity contribution in [1.82, 2.24) is 24.7 Å². The molecule has 5 rings (SSSR count). The number of nitrogens with zero attached hydrogens (tertiary/aromatic N) is 5. The molecule has 0 aliphatic heterocycles. The highest BCUT2D eigenvalue weighted by molar-refractivity contribution is 6.34. The molecular weight excluding hydrogens is 533 g/mol. The molecule has 2 aromatic carbocycles. The van der Waals surface area contributed by atoms with E-state index < -0.39 is 33.8 Å². The molecule has 198 valence electrons. The average Bonchev–Trinajstić information content (AvgIpc) is 3.26. The Labute approximate surface area is 225 Å². The molecule has 0 saturated carbocycles. The van der Waals surface area contributed by atoms with Gasteiger partial charge in [-0.3, -0.25) is 9.78 Å². The maximum absolute atomic E-state index is 13.8. The topological polar surface area (TPSA) is 106 Å². The van der Waals surface area contributed by atoms with Crippen LogP contribution in [0.1, 0.15) is 35.3 Å². The molecule has 5 aromatic rings. The number of alkyl halides is 3. The lowest BCUT2D eigenvalue weighted by atomic mass is 10.0. The van der Waals surface area contributed by atoms with Crippen LogP contribution in [0.2, 0.25) is 5.02 Å². The van der Waals surface area contributed by atoms with Crippen LogP contribution in [0.25, 0.3) is 28.1 Å². The Kier molecular flexibility index (Phi) is 6.57. The summed E-state index contributed by atoms with van der Waals surface area (Å²) in [7, 11) is 0. The molecule has 0 bridgehead atoms. The van der Waals surface area contributed by atoms with E-state index in [1.807, 2.05) is 6.07 Å². The Morgan fingerprint density at radius 2 is 1.69 bits per heavy atom. The number of fused-ring (bicyclic) bond motifs is 1. The molecule has 0 spiro atoms. The zero-order valence-corrected chi connectivity index (χ0v) is 21.3. The Bertz CT molecular complexity index is 1680. The first-order valence-corrected chi connectivity index (χ1v) is 12.0. The minimum atomic E-state index is -4.77. The van der Waals surface area contributed by atoms with E-state index in [0.29, 0.717) is 28.4 Å². The van der Waals surface area contributed by atoms with Gasteiger partial charge in [-0.25, -0.2) is 14.6 Å². The Morgan fingerprint density at radius 1 is 1.00 bits per heavy atom. The Hall–Kier alpha value is -4.35. The van der Waals surface area contributed by atoms with E-state index in [1.54, 1.807) is 44.2 Å². The minimum absolute atomic E-state index is 0.164. The summed E-state index contributed by atoms with van der Waals surface area (Å²) >= 11 is 6.21. The fourth-order valence-electron chi connectivity index (χ4n) is 3.95. The second-order valence-corrected chi connectivity index (χ2v) is 9.56. The lowest BCUT2D eigenvalue weighted by Crippen LogP contribution is -2.18. The quantitative estimate of drug-likeness (QED) is 0.276. The van der Waals surface area contributed by atoms with Gasteiger partial charge in [0.25, 0.3) is 5.91 Å². The zero-order valence-electron chi connectivity index (χ0n) is 20.5. The molecule has 0 saturated heterocycles. The molecule has 39 heavy (non-hydrogen) atoms. The van der Waals surface area contributed by atoms with Crippen LogP contribution in [0.15, 0.2) is 73.2 Å². The van der Waals surface area contributed by atoms with Crippen molar-refractivity contribution in [3.63, 3.8) is 0 Å². The van der Waals surface area contributed by atoms with Crippen LogP contribution in [0.3, 0.4) is 0 Å². The largest absolute Gasteiger partial charge is 0.417 e. The van der Waals surface area contributed by atoms with Gasteiger partial charge in [-0.2, -0.15) is 18.3 Å². The number of benzene rings is 2. The molecule has 0 radical (unpaired) electrons. The van der Waals surface area contributed by atoms with Crippen LogP contribution in [-0.2, 0) is 11.8 Å². The number of carbonyl (C=O) groups excluding carboxylic acids is 1. The summed E-state index contributed by atoms with van der Waals surface area (Å²) < 4.78 is 42.9. The summed E-state index contributed by atoms with van der Waals surface area (Å²) in [5, 5.41) is 17.3. The van der Waals surface area contributed by atoms with Gasteiger partial charge in [-0.05, 0) is 50.2 Å². The fourth-order valence-corrected chi connectivity index (χ4v) is 4.20. The van der Waals surface area contributed by atoms with Crippen LogP contribution < -0.4 is 5.32 Å². The number of para-hydroxylation sites is 1. The molecule has 0 aliphatic carbocycles. The number of pyridine rings is 1. The van der Waals surface area contributed by atoms with Gasteiger partial charge in [0.1, 0.15) is 11.0 Å². The molecule has 0 fully saturated rings. The van der Waals surface area contributed by atoms with E-state index >= 15 is 0 Å². The normalized spacial score (nSPS) is 12.1. The van der Waals surface area contributed by atoms with Gasteiger partial charge in [0.15, 0.2) is 11.6 Å². The second kappa shape index (κ2) is 9.75. The minimum Gasteiger partial charge on any atom is -0.386 e. The molecule has 0 aliphatic rings. The summed E-state index contributed by atoms with van der Waals surface area (Å²) in [4.78, 5) is 25.8. The van der Waals surface area contributed by atoms with Gasteiger partial charge >= 0.3 is 6.18 Å². The van der Waals surface area contributed by atoms with Crippen molar-refractivity contribution >= 4 is 34.4 Å². The van der Waals surface area contributed by atoms with E-state index in [9.17, 15) is 23.1 Å². The first-order chi connectivity index (χ1) is 18.4. The number of hydrogen-bond donors (Lipinski definition) is 2. The first kappa shape index (κ1) is 26.3. The summed E-state index contributed by atoms with van der Waals surface area (Å²) in [6.45, 7) is 3.21. The number of aromatic nitrogens is 5. The predicted molar refractivity (Wildman–Crippen MR) is 140 cm³/mol. The molecule has 0 atom stereocenters. The second-order valence-electron chi connectivity index (χ2n) is 9.15. The molecule has 0 unspecified atom stereocenters. The van der Waals surface area contributed by atoms with Crippen molar-refractivity contribution in [2.45, 2.75) is 25.6 Å². The van der Waals surface area contributed by atoms with Gasteiger partial charge in [0.2, 0.25) is 0 Å². The maximum Gasteiger partial charge on any atom is 0.417 e. The van der Waals surface area contributed by atoms with Crippen molar-refractivity contribution in [1.29, 1.82) is 0 Å². The third kappa shape index (κ3) is 5.18. The number of halogens is 4. The van der Waals surface area contributed by atoms with E-state index in [1.165, 1.54) is 29.3 Å². The van der Waals surface area contributed by atoms with E-state index in [2.05, 4.69) is 25.4 Å². The molecular formula is C27H20ClF3N6O2.